The molecule has 2 aromatic heterocycles. The second-order valence-corrected chi connectivity index (χ2v) is 6.85. The minimum atomic E-state index is -0.346. The molecule has 0 aliphatic heterocycles. The molecule has 0 bridgehead atoms. The Labute approximate surface area is 141 Å². The molecule has 22 heavy (non-hydrogen) atoms. The predicted molar refractivity (Wildman–Crippen MR) is 87.9 cm³/mol. The average Bonchev–Trinajstić information content (AvgIpc) is 2.86. The van der Waals surface area contributed by atoms with Gasteiger partial charge in [-0.1, -0.05) is 23.2 Å². The van der Waals surface area contributed by atoms with Crippen LogP contribution in [0.25, 0.3) is 0 Å². The summed E-state index contributed by atoms with van der Waals surface area (Å²) in [4.78, 5) is 17.4. The molecule has 1 aliphatic carbocycles. The Morgan fingerprint density at radius 1 is 1.36 bits per heavy atom. The van der Waals surface area contributed by atoms with Gasteiger partial charge in [0, 0.05) is 11.1 Å². The predicted octanol–water partition coefficient (Wildman–Crippen LogP) is 4.45. The number of carbonyl (C=O) groups is 1. The molecule has 7 heteroatoms. The highest BCUT2D eigenvalue weighted by atomic mass is 35.5. The normalized spacial score (nSPS) is 13.3. The third-order valence-corrected chi connectivity index (χ3v) is 5.46. The Kier molecular flexibility index (Phi) is 4.34. The quantitative estimate of drug-likeness (QED) is 0.812. The van der Waals surface area contributed by atoms with Gasteiger partial charge in [-0.25, -0.2) is 4.98 Å². The van der Waals surface area contributed by atoms with Crippen LogP contribution < -0.4 is 5.32 Å². The Bertz CT molecular complexity index is 795. The molecule has 2 heterocycles. The molecule has 1 amide bonds. The van der Waals surface area contributed by atoms with Crippen LogP contribution in [0.2, 0.25) is 10.2 Å². The van der Waals surface area contributed by atoms with Crippen molar-refractivity contribution in [2.75, 3.05) is 5.32 Å². The molecule has 0 unspecified atom stereocenters. The summed E-state index contributed by atoms with van der Waals surface area (Å²) in [5.74, 6) is -0.346. The van der Waals surface area contributed by atoms with E-state index >= 15 is 0 Å². The molecule has 112 valence electrons. The molecule has 0 radical (unpaired) electrons. The van der Waals surface area contributed by atoms with E-state index in [-0.39, 0.29) is 16.1 Å². The molecule has 2 aromatic rings. The smallest absolute Gasteiger partial charge is 0.257 e. The van der Waals surface area contributed by atoms with E-state index in [1.54, 1.807) is 0 Å². The lowest BCUT2D eigenvalue weighted by Crippen LogP contribution is -2.12. The van der Waals surface area contributed by atoms with Gasteiger partial charge in [0.15, 0.2) is 0 Å². The number of thiophene rings is 1. The van der Waals surface area contributed by atoms with Crippen molar-refractivity contribution < 1.29 is 4.79 Å². The molecular weight excluding hydrogens is 341 g/mol. The second-order valence-electron chi connectivity index (χ2n) is 4.98. The van der Waals surface area contributed by atoms with Crippen molar-refractivity contribution in [3.63, 3.8) is 0 Å². The van der Waals surface area contributed by atoms with Crippen LogP contribution in [0.15, 0.2) is 12.3 Å². The van der Waals surface area contributed by atoms with Crippen LogP contribution in [0.1, 0.15) is 39.2 Å². The first-order valence-electron chi connectivity index (χ1n) is 6.77. The van der Waals surface area contributed by atoms with E-state index in [1.165, 1.54) is 28.5 Å². The summed E-state index contributed by atoms with van der Waals surface area (Å²) in [5.41, 5.74) is 1.98. The second kappa shape index (κ2) is 6.25. The van der Waals surface area contributed by atoms with Crippen molar-refractivity contribution in [3.8, 4) is 6.07 Å². The molecule has 0 fully saturated rings. The minimum Gasteiger partial charge on any atom is -0.312 e. The summed E-state index contributed by atoms with van der Waals surface area (Å²) in [6, 6.07) is 3.68. The van der Waals surface area contributed by atoms with Crippen LogP contribution in [-0.2, 0) is 12.8 Å². The van der Waals surface area contributed by atoms with Crippen molar-refractivity contribution in [2.45, 2.75) is 25.7 Å². The highest BCUT2D eigenvalue weighted by Gasteiger charge is 2.22. The van der Waals surface area contributed by atoms with E-state index in [9.17, 15) is 10.1 Å². The lowest BCUT2D eigenvalue weighted by Gasteiger charge is -2.09. The summed E-state index contributed by atoms with van der Waals surface area (Å²) in [6.45, 7) is 0. The number of rotatable bonds is 2. The van der Waals surface area contributed by atoms with Crippen molar-refractivity contribution in [3.05, 3.63) is 44.0 Å². The molecule has 0 spiro atoms. The van der Waals surface area contributed by atoms with Gasteiger partial charge in [-0.3, -0.25) is 4.79 Å². The maximum absolute atomic E-state index is 12.3. The van der Waals surface area contributed by atoms with Gasteiger partial charge in [-0.2, -0.15) is 5.26 Å². The number of fused-ring (bicyclic) bond motifs is 1. The zero-order valence-electron chi connectivity index (χ0n) is 11.4. The van der Waals surface area contributed by atoms with E-state index in [0.29, 0.717) is 16.1 Å². The topological polar surface area (TPSA) is 65.8 Å². The Morgan fingerprint density at radius 3 is 2.86 bits per heavy atom. The minimum absolute atomic E-state index is 0.155. The number of nitriles is 1. The van der Waals surface area contributed by atoms with Gasteiger partial charge in [-0.05, 0) is 37.3 Å². The number of hydrogen-bond acceptors (Lipinski definition) is 4. The van der Waals surface area contributed by atoms with Gasteiger partial charge in [0.25, 0.3) is 5.91 Å². The lowest BCUT2D eigenvalue weighted by molar-refractivity contribution is 0.102. The van der Waals surface area contributed by atoms with Gasteiger partial charge in [0.05, 0.1) is 16.1 Å². The van der Waals surface area contributed by atoms with Crippen LogP contribution >= 0.6 is 34.5 Å². The number of pyridine rings is 1. The summed E-state index contributed by atoms with van der Waals surface area (Å²) < 4.78 is 0. The molecule has 0 saturated heterocycles. The van der Waals surface area contributed by atoms with Crippen LogP contribution in [0.4, 0.5) is 5.00 Å². The SMILES string of the molecule is N#Cc1c(NC(=O)c2cnc(Cl)c(Cl)c2)sc2c1CCCC2. The number of hydrogen-bond donors (Lipinski definition) is 1. The average molecular weight is 352 g/mol. The van der Waals surface area contributed by atoms with Gasteiger partial charge >= 0.3 is 0 Å². The highest BCUT2D eigenvalue weighted by Crippen LogP contribution is 2.37. The largest absolute Gasteiger partial charge is 0.312 e. The number of aromatic nitrogens is 1. The number of nitrogens with one attached hydrogen (secondary N) is 1. The maximum Gasteiger partial charge on any atom is 0.257 e. The zero-order valence-corrected chi connectivity index (χ0v) is 13.8. The van der Waals surface area contributed by atoms with Crippen molar-refractivity contribution in [1.82, 2.24) is 4.98 Å². The third-order valence-electron chi connectivity index (χ3n) is 3.57. The molecular formula is C15H11Cl2N3OS. The summed E-state index contributed by atoms with van der Waals surface area (Å²) in [7, 11) is 0. The van der Waals surface area contributed by atoms with E-state index in [0.717, 1.165) is 31.2 Å². The summed E-state index contributed by atoms with van der Waals surface area (Å²) in [5, 5.41) is 13.2. The number of amides is 1. The zero-order chi connectivity index (χ0) is 15.7. The van der Waals surface area contributed by atoms with Crippen LogP contribution in [-0.4, -0.2) is 10.9 Å². The number of halogens is 2. The fraction of sp³-hybridized carbons (Fsp3) is 0.267. The first-order valence-corrected chi connectivity index (χ1v) is 8.34. The van der Waals surface area contributed by atoms with Gasteiger partial charge in [0.1, 0.15) is 16.2 Å². The van der Waals surface area contributed by atoms with Crippen LogP contribution in [0.5, 0.6) is 0 Å². The van der Waals surface area contributed by atoms with Crippen LogP contribution in [0.3, 0.4) is 0 Å². The Morgan fingerprint density at radius 2 is 2.14 bits per heavy atom. The van der Waals surface area contributed by atoms with E-state index < -0.39 is 0 Å². The summed E-state index contributed by atoms with van der Waals surface area (Å²) in [6.07, 6.45) is 5.45. The molecule has 0 saturated carbocycles. The number of anilines is 1. The van der Waals surface area contributed by atoms with Gasteiger partial charge in [0.2, 0.25) is 0 Å². The number of aryl methyl sites for hydroxylation is 1. The van der Waals surface area contributed by atoms with Crippen molar-refractivity contribution >= 4 is 45.4 Å². The molecule has 0 atom stereocenters. The highest BCUT2D eigenvalue weighted by molar-refractivity contribution is 7.16. The fourth-order valence-corrected chi connectivity index (χ4v) is 4.00. The first-order chi connectivity index (χ1) is 10.6. The summed E-state index contributed by atoms with van der Waals surface area (Å²) >= 11 is 13.1. The Balaban J connectivity index is 1.89. The Hall–Kier alpha value is -1.61. The van der Waals surface area contributed by atoms with Crippen LogP contribution in [0, 0.1) is 11.3 Å². The molecule has 4 nitrogen and oxygen atoms in total. The standard InChI is InChI=1S/C15H11Cl2N3OS/c16-11-5-8(7-19-13(11)17)14(21)20-15-10(6-18)9-3-1-2-4-12(9)22-15/h5,7H,1-4H2,(H,20,21). The van der Waals surface area contributed by atoms with Crippen molar-refractivity contribution in [2.24, 2.45) is 0 Å². The molecule has 3 rings (SSSR count). The fourth-order valence-electron chi connectivity index (χ4n) is 2.49. The van der Waals surface area contributed by atoms with Crippen molar-refractivity contribution in [1.29, 1.82) is 5.26 Å². The van der Waals surface area contributed by atoms with E-state index in [1.807, 2.05) is 0 Å². The lowest BCUT2D eigenvalue weighted by atomic mass is 9.96. The molecule has 0 aromatic carbocycles. The molecule has 1 aliphatic rings. The first kappa shape index (κ1) is 15.3. The monoisotopic (exact) mass is 351 g/mol. The maximum atomic E-state index is 12.3. The van der Waals surface area contributed by atoms with E-state index in [4.69, 9.17) is 23.2 Å². The van der Waals surface area contributed by atoms with E-state index in [2.05, 4.69) is 16.4 Å². The van der Waals surface area contributed by atoms with Gasteiger partial charge in [-0.15, -0.1) is 11.3 Å². The molecule has 1 N–H and O–H groups in total. The number of carbonyl (C=O) groups excluding carboxylic acids is 1. The number of nitrogens with zero attached hydrogens (tertiary/aromatic N) is 2. The third kappa shape index (κ3) is 2.82. The van der Waals surface area contributed by atoms with Gasteiger partial charge < -0.3 is 5.32 Å².